The first kappa shape index (κ1) is 13.3. The summed E-state index contributed by atoms with van der Waals surface area (Å²) in [5.74, 6) is 0.445. The summed E-state index contributed by atoms with van der Waals surface area (Å²) in [5.41, 5.74) is 6.71. The fourth-order valence-corrected chi connectivity index (χ4v) is 1.37. The summed E-state index contributed by atoms with van der Waals surface area (Å²) in [5, 5.41) is 2.82. The largest absolute Gasteiger partial charge is 0.497 e. The zero-order valence-electron chi connectivity index (χ0n) is 10.5. The Bertz CT molecular complexity index is 391. The lowest BCUT2D eigenvalue weighted by Crippen LogP contribution is -2.31. The Morgan fingerprint density at radius 2 is 2.12 bits per heavy atom. The molecule has 17 heavy (non-hydrogen) atoms. The van der Waals surface area contributed by atoms with Gasteiger partial charge >= 0.3 is 0 Å². The van der Waals surface area contributed by atoms with Crippen molar-refractivity contribution in [3.8, 4) is 5.75 Å². The number of rotatable bonds is 5. The maximum Gasteiger partial charge on any atom is 0.251 e. The number of hydrogen-bond acceptors (Lipinski definition) is 4. The SMILES string of the molecule is COc1cc(N)cc(C(=O)NCCN(C)C)c1. The summed E-state index contributed by atoms with van der Waals surface area (Å²) >= 11 is 0. The molecule has 0 aliphatic rings. The van der Waals surface area contributed by atoms with Gasteiger partial charge in [0.15, 0.2) is 0 Å². The van der Waals surface area contributed by atoms with Gasteiger partial charge in [-0.2, -0.15) is 0 Å². The van der Waals surface area contributed by atoms with Gasteiger partial charge in [-0.15, -0.1) is 0 Å². The van der Waals surface area contributed by atoms with Gasteiger partial charge in [-0.25, -0.2) is 0 Å². The van der Waals surface area contributed by atoms with Crippen LogP contribution >= 0.6 is 0 Å². The number of benzene rings is 1. The first-order valence-electron chi connectivity index (χ1n) is 5.40. The van der Waals surface area contributed by atoms with Crippen LogP contribution in [0.5, 0.6) is 5.75 Å². The molecule has 0 unspecified atom stereocenters. The van der Waals surface area contributed by atoms with Crippen molar-refractivity contribution in [3.05, 3.63) is 23.8 Å². The van der Waals surface area contributed by atoms with E-state index in [0.29, 0.717) is 23.5 Å². The summed E-state index contributed by atoms with van der Waals surface area (Å²) in [7, 11) is 5.45. The van der Waals surface area contributed by atoms with Gasteiger partial charge in [-0.3, -0.25) is 4.79 Å². The summed E-state index contributed by atoms with van der Waals surface area (Å²) in [6.45, 7) is 1.40. The molecule has 0 saturated carbocycles. The summed E-state index contributed by atoms with van der Waals surface area (Å²) in [6, 6.07) is 4.98. The zero-order chi connectivity index (χ0) is 12.8. The van der Waals surface area contributed by atoms with Crippen LogP contribution in [0.15, 0.2) is 18.2 Å². The number of ether oxygens (including phenoxy) is 1. The first-order chi connectivity index (χ1) is 8.02. The molecule has 0 spiro atoms. The number of nitrogens with one attached hydrogen (secondary N) is 1. The molecule has 1 amide bonds. The van der Waals surface area contributed by atoms with E-state index in [1.54, 1.807) is 25.3 Å². The van der Waals surface area contributed by atoms with E-state index < -0.39 is 0 Å². The van der Waals surface area contributed by atoms with E-state index in [9.17, 15) is 4.79 Å². The Balaban J connectivity index is 2.65. The third-order valence-corrected chi connectivity index (χ3v) is 2.27. The van der Waals surface area contributed by atoms with Crippen LogP contribution in [0.3, 0.4) is 0 Å². The summed E-state index contributed by atoms with van der Waals surface area (Å²) in [4.78, 5) is 13.8. The number of anilines is 1. The van der Waals surface area contributed by atoms with Crippen LogP contribution in [-0.4, -0.2) is 45.1 Å². The van der Waals surface area contributed by atoms with E-state index in [1.807, 2.05) is 19.0 Å². The second kappa shape index (κ2) is 6.10. The van der Waals surface area contributed by atoms with E-state index in [2.05, 4.69) is 5.32 Å². The molecule has 1 rings (SSSR count). The maximum absolute atomic E-state index is 11.8. The van der Waals surface area contributed by atoms with Crippen molar-refractivity contribution in [1.82, 2.24) is 10.2 Å². The van der Waals surface area contributed by atoms with Crippen LogP contribution in [-0.2, 0) is 0 Å². The highest BCUT2D eigenvalue weighted by atomic mass is 16.5. The van der Waals surface area contributed by atoms with E-state index in [1.165, 1.54) is 0 Å². The van der Waals surface area contributed by atoms with Gasteiger partial charge in [0.05, 0.1) is 7.11 Å². The molecule has 0 aromatic heterocycles. The van der Waals surface area contributed by atoms with Crippen molar-refractivity contribution in [1.29, 1.82) is 0 Å². The fourth-order valence-electron chi connectivity index (χ4n) is 1.37. The second-order valence-corrected chi connectivity index (χ2v) is 4.05. The molecular formula is C12H19N3O2. The molecule has 0 aliphatic heterocycles. The number of likely N-dealkylation sites (N-methyl/N-ethyl adjacent to an activating group) is 1. The lowest BCUT2D eigenvalue weighted by atomic mass is 10.1. The lowest BCUT2D eigenvalue weighted by Gasteiger charge is -2.11. The Morgan fingerprint density at radius 1 is 1.41 bits per heavy atom. The van der Waals surface area contributed by atoms with E-state index in [4.69, 9.17) is 10.5 Å². The lowest BCUT2D eigenvalue weighted by molar-refractivity contribution is 0.0950. The number of nitrogens with two attached hydrogens (primary N) is 1. The van der Waals surface area contributed by atoms with Crippen LogP contribution < -0.4 is 15.8 Å². The van der Waals surface area contributed by atoms with Crippen molar-refractivity contribution in [2.24, 2.45) is 0 Å². The van der Waals surface area contributed by atoms with Gasteiger partial charge < -0.3 is 20.7 Å². The van der Waals surface area contributed by atoms with Gasteiger partial charge in [-0.1, -0.05) is 0 Å². The minimum Gasteiger partial charge on any atom is -0.497 e. The highest BCUT2D eigenvalue weighted by molar-refractivity contribution is 5.95. The van der Waals surface area contributed by atoms with Crippen LogP contribution in [0.4, 0.5) is 5.69 Å². The molecule has 0 heterocycles. The minimum atomic E-state index is -0.141. The quantitative estimate of drug-likeness (QED) is 0.735. The van der Waals surface area contributed by atoms with E-state index >= 15 is 0 Å². The van der Waals surface area contributed by atoms with Gasteiger partial charge in [-0.05, 0) is 26.2 Å². The van der Waals surface area contributed by atoms with Crippen molar-refractivity contribution >= 4 is 11.6 Å². The molecule has 3 N–H and O–H groups in total. The Kier molecular flexibility index (Phi) is 4.78. The highest BCUT2D eigenvalue weighted by Gasteiger charge is 2.07. The molecule has 5 heteroatoms. The standard InChI is InChI=1S/C12H19N3O2/c1-15(2)5-4-14-12(16)9-6-10(13)8-11(7-9)17-3/h6-8H,4-5,13H2,1-3H3,(H,14,16). The predicted octanol–water partition coefficient (Wildman–Crippen LogP) is 0.569. The van der Waals surface area contributed by atoms with Gasteiger partial charge in [0.25, 0.3) is 5.91 Å². The van der Waals surface area contributed by atoms with Crippen molar-refractivity contribution in [2.45, 2.75) is 0 Å². The molecule has 0 atom stereocenters. The zero-order valence-corrected chi connectivity index (χ0v) is 10.5. The van der Waals surface area contributed by atoms with Crippen molar-refractivity contribution < 1.29 is 9.53 Å². The average Bonchev–Trinajstić information content (AvgIpc) is 2.27. The number of nitrogen functional groups attached to an aromatic ring is 1. The molecule has 0 fully saturated rings. The molecule has 0 aliphatic carbocycles. The number of carbonyl (C=O) groups excluding carboxylic acids is 1. The Morgan fingerprint density at radius 3 is 2.71 bits per heavy atom. The maximum atomic E-state index is 11.8. The third-order valence-electron chi connectivity index (χ3n) is 2.27. The molecular weight excluding hydrogens is 218 g/mol. The molecule has 94 valence electrons. The van der Waals surface area contributed by atoms with Crippen LogP contribution in [0, 0.1) is 0 Å². The smallest absolute Gasteiger partial charge is 0.251 e. The Labute approximate surface area is 102 Å². The third kappa shape index (κ3) is 4.32. The monoisotopic (exact) mass is 237 g/mol. The van der Waals surface area contributed by atoms with Gasteiger partial charge in [0.2, 0.25) is 0 Å². The van der Waals surface area contributed by atoms with Crippen LogP contribution in [0.25, 0.3) is 0 Å². The molecule has 0 saturated heterocycles. The number of carbonyl (C=O) groups is 1. The average molecular weight is 237 g/mol. The van der Waals surface area contributed by atoms with Gasteiger partial charge in [0, 0.05) is 30.4 Å². The van der Waals surface area contributed by atoms with Gasteiger partial charge in [0.1, 0.15) is 5.75 Å². The number of methoxy groups -OCH3 is 1. The van der Waals surface area contributed by atoms with Crippen molar-refractivity contribution in [2.75, 3.05) is 40.0 Å². The molecule has 1 aromatic rings. The number of nitrogens with zero attached hydrogens (tertiary/aromatic N) is 1. The second-order valence-electron chi connectivity index (χ2n) is 4.05. The van der Waals surface area contributed by atoms with Crippen LogP contribution in [0.2, 0.25) is 0 Å². The molecule has 1 aromatic carbocycles. The predicted molar refractivity (Wildman–Crippen MR) is 68.3 cm³/mol. The topological polar surface area (TPSA) is 67.6 Å². The molecule has 5 nitrogen and oxygen atoms in total. The summed E-state index contributed by atoms with van der Waals surface area (Å²) < 4.78 is 5.06. The van der Waals surface area contributed by atoms with Crippen LogP contribution in [0.1, 0.15) is 10.4 Å². The minimum absolute atomic E-state index is 0.141. The molecule has 0 bridgehead atoms. The highest BCUT2D eigenvalue weighted by Crippen LogP contribution is 2.18. The first-order valence-corrected chi connectivity index (χ1v) is 5.40. The fraction of sp³-hybridized carbons (Fsp3) is 0.417. The number of hydrogen-bond donors (Lipinski definition) is 2. The Hall–Kier alpha value is -1.75. The number of amides is 1. The van der Waals surface area contributed by atoms with E-state index in [-0.39, 0.29) is 5.91 Å². The summed E-state index contributed by atoms with van der Waals surface area (Å²) in [6.07, 6.45) is 0. The normalized spacial score (nSPS) is 10.4. The van der Waals surface area contributed by atoms with Crippen molar-refractivity contribution in [3.63, 3.8) is 0 Å². The molecule has 0 radical (unpaired) electrons. The van der Waals surface area contributed by atoms with E-state index in [0.717, 1.165) is 6.54 Å².